The zero-order valence-corrected chi connectivity index (χ0v) is 16.9. The van der Waals surface area contributed by atoms with Gasteiger partial charge in [-0.1, -0.05) is 39.2 Å². The molecule has 0 radical (unpaired) electrons. The van der Waals surface area contributed by atoms with Gasteiger partial charge in [-0.2, -0.15) is 26.3 Å². The van der Waals surface area contributed by atoms with E-state index in [0.717, 1.165) is 0 Å². The van der Waals surface area contributed by atoms with Crippen molar-refractivity contribution < 1.29 is 54.8 Å². The number of rotatable bonds is 11. The fourth-order valence-electron chi connectivity index (χ4n) is 0.988. The molecule has 0 heterocycles. The average Bonchev–Trinajstić information content (AvgIpc) is 2.50. The van der Waals surface area contributed by atoms with Gasteiger partial charge in [-0.15, -0.1) is 0 Å². The fourth-order valence-corrected chi connectivity index (χ4v) is 3.38. The molecular formula is C8H6Cl3F7N2O7S2. The summed E-state index contributed by atoms with van der Waals surface area (Å²) in [5.74, 6) is -4.68. The molecule has 0 aromatic heterocycles. The van der Waals surface area contributed by atoms with E-state index in [1.165, 1.54) is 0 Å². The molecule has 0 atom stereocenters. The summed E-state index contributed by atoms with van der Waals surface area (Å²) in [6.07, 6.45) is -10.4. The number of nitro groups is 2. The number of alkyl halides is 10. The Balaban J connectivity index is 5.88. The molecule has 9 nitrogen and oxygen atoms in total. The van der Waals surface area contributed by atoms with Crippen molar-refractivity contribution in [3.05, 3.63) is 20.2 Å². The maximum Gasteiger partial charge on any atom is 0.637 e. The van der Waals surface area contributed by atoms with Gasteiger partial charge in [0.1, 0.15) is 23.1 Å². The highest BCUT2D eigenvalue weighted by atomic mass is 35.6. The first-order chi connectivity index (χ1) is 12.7. The van der Waals surface area contributed by atoms with Crippen LogP contribution >= 0.6 is 56.4 Å². The smallest absolute Gasteiger partial charge is 0.308 e. The largest absolute Gasteiger partial charge is 0.637 e. The molecule has 172 valence electrons. The van der Waals surface area contributed by atoms with E-state index in [-0.39, 0.29) is 10.8 Å². The Morgan fingerprint density at radius 2 is 1.07 bits per heavy atom. The highest BCUT2D eigenvalue weighted by Gasteiger charge is 2.61. The Kier molecular flexibility index (Phi) is 10.3. The van der Waals surface area contributed by atoms with Crippen LogP contribution in [0.2, 0.25) is 0 Å². The Hall–Kier alpha value is -0.240. The Bertz CT molecular complexity index is 533. The average molecular weight is 546 g/mol. The lowest BCUT2D eigenvalue weighted by molar-refractivity contribution is -0.834. The first-order valence-corrected chi connectivity index (χ1v) is 9.47. The Morgan fingerprint density at radius 1 is 0.724 bits per heavy atom. The van der Waals surface area contributed by atoms with Gasteiger partial charge >= 0.3 is 23.6 Å². The third kappa shape index (κ3) is 11.7. The van der Waals surface area contributed by atoms with Crippen LogP contribution in [0.15, 0.2) is 0 Å². The Morgan fingerprint density at radius 3 is 1.34 bits per heavy atom. The lowest BCUT2D eigenvalue weighted by Gasteiger charge is -2.32. The van der Waals surface area contributed by atoms with E-state index in [9.17, 15) is 51.0 Å². The first kappa shape index (κ1) is 28.8. The number of hydrogen-bond acceptors (Lipinski definition) is 9. The summed E-state index contributed by atoms with van der Waals surface area (Å²) in [4.78, 5) is 16.7. The molecule has 0 saturated carbocycles. The van der Waals surface area contributed by atoms with Gasteiger partial charge < -0.3 is 9.47 Å². The zero-order valence-electron chi connectivity index (χ0n) is 13.0. The van der Waals surface area contributed by atoms with Crippen LogP contribution in [0.5, 0.6) is 0 Å². The number of nitrogens with zero attached hydrogens (tertiary/aromatic N) is 2. The standard InChI is InChI=1S/C8H6Cl3F7N2O7S2/c9-7(10,11)28-29-8(25-1-4(12,13)14,26-2-5(15,16)17)27-3-6(18,19(21)22)20(23)24/h1-3H2. The molecule has 21 heteroatoms. The number of hydrogen-bond donors (Lipinski definition) is 0. The predicted molar refractivity (Wildman–Crippen MR) is 86.0 cm³/mol. The second kappa shape index (κ2) is 10.4. The summed E-state index contributed by atoms with van der Waals surface area (Å²) in [6, 6.07) is 0. The first-order valence-electron chi connectivity index (χ1n) is 6.18. The summed E-state index contributed by atoms with van der Waals surface area (Å²) < 4.78 is 98.1. The maximum atomic E-state index is 13.8. The lowest BCUT2D eigenvalue weighted by atomic mass is 10.5. The quantitative estimate of drug-likeness (QED) is 0.0696. The van der Waals surface area contributed by atoms with Gasteiger partial charge in [-0.05, 0) is 10.8 Å². The van der Waals surface area contributed by atoms with Crippen molar-refractivity contribution in [1.29, 1.82) is 0 Å². The minimum atomic E-state index is -5.22. The summed E-state index contributed by atoms with van der Waals surface area (Å²) in [5, 5.41) is 17.4. The van der Waals surface area contributed by atoms with Gasteiger partial charge in [0.25, 0.3) is 0 Å². The van der Waals surface area contributed by atoms with Crippen molar-refractivity contribution in [3.63, 3.8) is 0 Å². The molecule has 0 aromatic rings. The molecule has 0 spiro atoms. The second-order valence-electron chi connectivity index (χ2n) is 4.44. The molecular weight excluding hydrogens is 540 g/mol. The molecule has 0 bridgehead atoms. The van der Waals surface area contributed by atoms with Crippen LogP contribution in [-0.2, 0) is 14.2 Å². The summed E-state index contributed by atoms with van der Waals surface area (Å²) in [6.45, 7) is -7.13. The predicted octanol–water partition coefficient (Wildman–Crippen LogP) is 4.66. The van der Waals surface area contributed by atoms with Crippen molar-refractivity contribution in [2.45, 2.75) is 26.7 Å². The van der Waals surface area contributed by atoms with E-state index in [2.05, 4.69) is 14.2 Å². The van der Waals surface area contributed by atoms with Crippen LogP contribution in [0.4, 0.5) is 30.7 Å². The van der Waals surface area contributed by atoms with E-state index >= 15 is 0 Å². The third-order valence-corrected chi connectivity index (χ3v) is 6.02. The van der Waals surface area contributed by atoms with E-state index in [1.54, 1.807) is 0 Å². The normalized spacial score (nSPS) is 14.1. The van der Waals surface area contributed by atoms with Crippen molar-refractivity contribution in [2.24, 2.45) is 0 Å². The molecule has 0 amide bonds. The van der Waals surface area contributed by atoms with Crippen LogP contribution in [-0.4, -0.2) is 56.4 Å². The van der Waals surface area contributed by atoms with Gasteiger partial charge in [-0.25, -0.2) is 0 Å². The topological polar surface area (TPSA) is 114 Å². The zero-order chi connectivity index (χ0) is 23.3. The molecule has 0 aromatic carbocycles. The van der Waals surface area contributed by atoms with Gasteiger partial charge in [0, 0.05) is 10.8 Å². The highest BCUT2D eigenvalue weighted by molar-refractivity contribution is 8.78. The van der Waals surface area contributed by atoms with Gasteiger partial charge in [0.2, 0.25) is 9.73 Å². The summed E-state index contributed by atoms with van der Waals surface area (Å²) in [5.41, 5.74) is 0. The highest BCUT2D eigenvalue weighted by Crippen LogP contribution is 2.52. The van der Waals surface area contributed by atoms with Gasteiger partial charge in [0.15, 0.2) is 0 Å². The van der Waals surface area contributed by atoms with Crippen molar-refractivity contribution >= 4 is 56.4 Å². The molecule has 0 rings (SSSR count). The van der Waals surface area contributed by atoms with Crippen molar-refractivity contribution in [3.8, 4) is 0 Å². The van der Waals surface area contributed by atoms with Crippen LogP contribution in [0.25, 0.3) is 0 Å². The van der Waals surface area contributed by atoms with Gasteiger partial charge in [-0.3, -0.25) is 25.0 Å². The number of ether oxygens (including phenoxy) is 3. The maximum absolute atomic E-state index is 13.8. The van der Waals surface area contributed by atoms with E-state index in [0.29, 0.717) is 0 Å². The third-order valence-electron chi connectivity index (χ3n) is 2.06. The minimum Gasteiger partial charge on any atom is -0.308 e. The Labute approximate surface area is 178 Å². The van der Waals surface area contributed by atoms with Crippen LogP contribution in [0, 0.1) is 20.2 Å². The molecule has 0 aliphatic rings. The lowest BCUT2D eigenvalue weighted by Crippen LogP contribution is -2.50. The van der Waals surface area contributed by atoms with E-state index < -0.39 is 67.2 Å². The van der Waals surface area contributed by atoms with Crippen LogP contribution in [0.1, 0.15) is 0 Å². The molecule has 0 fully saturated rings. The summed E-state index contributed by atoms with van der Waals surface area (Å²) in [7, 11) is -0.586. The van der Waals surface area contributed by atoms with Crippen LogP contribution < -0.4 is 0 Å². The monoisotopic (exact) mass is 544 g/mol. The number of halogens is 10. The SMILES string of the molecule is O=[N+]([O-])C(F)(COC(OCC(F)(F)F)(OCC(F)(F)F)SSC(Cl)(Cl)Cl)[N+](=O)[O-]. The molecule has 0 N–H and O–H groups in total. The molecule has 29 heavy (non-hydrogen) atoms. The fraction of sp³-hybridized carbons (Fsp3) is 1.00. The molecule has 0 aliphatic carbocycles. The van der Waals surface area contributed by atoms with Gasteiger partial charge in [0.05, 0.1) is 0 Å². The van der Waals surface area contributed by atoms with Crippen LogP contribution in [0.3, 0.4) is 0 Å². The summed E-state index contributed by atoms with van der Waals surface area (Å²) >= 11 is 15.8. The van der Waals surface area contributed by atoms with E-state index in [4.69, 9.17) is 34.8 Å². The van der Waals surface area contributed by atoms with Crippen molar-refractivity contribution in [2.75, 3.05) is 19.8 Å². The minimum absolute atomic E-state index is 0.150. The molecule has 0 aliphatic heterocycles. The second-order valence-corrected chi connectivity index (χ2v) is 9.84. The molecule has 0 saturated heterocycles. The molecule has 0 unspecified atom stereocenters. The van der Waals surface area contributed by atoms with E-state index in [1.807, 2.05) is 0 Å². The van der Waals surface area contributed by atoms with Crippen molar-refractivity contribution in [1.82, 2.24) is 0 Å².